The molecule has 0 radical (unpaired) electrons. The largest absolute Gasteiger partial charge is 0.416 e. The van der Waals surface area contributed by atoms with Crippen LogP contribution in [0.25, 0.3) is 0 Å². The summed E-state index contributed by atoms with van der Waals surface area (Å²) < 4.78 is 99.6. The van der Waals surface area contributed by atoms with Gasteiger partial charge in [0.1, 0.15) is 4.88 Å². The Hall–Kier alpha value is -2.28. The Balaban J connectivity index is 2.19. The summed E-state index contributed by atoms with van der Waals surface area (Å²) in [4.78, 5) is 11.9. The van der Waals surface area contributed by atoms with Crippen LogP contribution in [0.1, 0.15) is 15.2 Å². The van der Waals surface area contributed by atoms with Crippen LogP contribution in [0, 0.1) is 0 Å². The van der Waals surface area contributed by atoms with Crippen molar-refractivity contribution in [2.45, 2.75) is 12.4 Å². The molecule has 2 rings (SSSR count). The van der Waals surface area contributed by atoms with Crippen molar-refractivity contribution in [2.24, 2.45) is 0 Å². The van der Waals surface area contributed by atoms with Crippen LogP contribution in [0.2, 0.25) is 0 Å². The van der Waals surface area contributed by atoms with Crippen LogP contribution in [0.15, 0.2) is 35.7 Å². The number of alkyl halides is 6. The number of amides is 1. The number of thiophene rings is 1. The van der Waals surface area contributed by atoms with E-state index in [2.05, 4.69) is 5.32 Å². The summed E-state index contributed by atoms with van der Waals surface area (Å²) in [5.74, 6) is -3.13. The Morgan fingerprint density at radius 3 is 2.33 bits per heavy atom. The van der Waals surface area contributed by atoms with Crippen molar-refractivity contribution in [1.82, 2.24) is 0 Å². The summed E-state index contributed by atoms with van der Waals surface area (Å²) in [6.45, 7) is 0. The highest BCUT2D eigenvalue weighted by Crippen LogP contribution is 2.31. The Kier molecular flexibility index (Phi) is 5.75. The van der Waals surface area contributed by atoms with Crippen LogP contribution in [0.5, 0.6) is 0 Å². The van der Waals surface area contributed by atoms with Gasteiger partial charge in [-0.15, -0.1) is 11.3 Å². The zero-order valence-electron chi connectivity index (χ0n) is 13.0. The van der Waals surface area contributed by atoms with E-state index in [0.29, 0.717) is 17.4 Å². The van der Waals surface area contributed by atoms with E-state index in [-0.39, 0.29) is 10.6 Å². The van der Waals surface area contributed by atoms with Crippen LogP contribution in [0.4, 0.5) is 37.7 Å². The summed E-state index contributed by atoms with van der Waals surface area (Å²) in [6, 6.07) is 4.75. The lowest BCUT2D eigenvalue weighted by Gasteiger charge is -2.12. The third kappa shape index (κ3) is 6.13. The van der Waals surface area contributed by atoms with Crippen molar-refractivity contribution in [3.63, 3.8) is 0 Å². The maximum atomic E-state index is 12.7. The standard InChI is InChI=1S/C14H10F6N2O3S2/c15-13(16,17)7-27(24,25)22-10-4-5-26-11(10)12(23)21-9-3-1-2-8(6-9)14(18,19)20/h1-6,22H,7H2,(H,21,23). The van der Waals surface area contributed by atoms with Gasteiger partial charge in [0, 0.05) is 5.69 Å². The highest BCUT2D eigenvalue weighted by atomic mass is 32.2. The normalized spacial score (nSPS) is 12.7. The van der Waals surface area contributed by atoms with E-state index < -0.39 is 45.3 Å². The average Bonchev–Trinajstić information content (AvgIpc) is 2.91. The van der Waals surface area contributed by atoms with Crippen molar-refractivity contribution in [3.05, 3.63) is 46.2 Å². The summed E-state index contributed by atoms with van der Waals surface area (Å²) in [6.07, 6.45) is -9.62. The second kappa shape index (κ2) is 7.38. The summed E-state index contributed by atoms with van der Waals surface area (Å²) in [7, 11) is -4.81. The molecule has 0 aliphatic rings. The molecule has 27 heavy (non-hydrogen) atoms. The van der Waals surface area contributed by atoms with E-state index in [9.17, 15) is 39.6 Å². The maximum absolute atomic E-state index is 12.7. The first kappa shape index (κ1) is 21.0. The Bertz CT molecular complexity index is 935. The van der Waals surface area contributed by atoms with Gasteiger partial charge in [0.05, 0.1) is 11.3 Å². The van der Waals surface area contributed by atoms with Gasteiger partial charge in [-0.1, -0.05) is 6.07 Å². The molecule has 1 amide bonds. The van der Waals surface area contributed by atoms with Crippen molar-refractivity contribution >= 4 is 38.6 Å². The van der Waals surface area contributed by atoms with E-state index in [0.717, 1.165) is 18.2 Å². The number of sulfonamides is 1. The molecule has 13 heteroatoms. The van der Waals surface area contributed by atoms with E-state index in [4.69, 9.17) is 0 Å². The van der Waals surface area contributed by atoms with Gasteiger partial charge in [0.2, 0.25) is 10.0 Å². The Morgan fingerprint density at radius 1 is 1.07 bits per heavy atom. The fraction of sp³-hybridized carbons (Fsp3) is 0.214. The molecule has 0 saturated heterocycles. The molecule has 2 N–H and O–H groups in total. The minimum atomic E-state index is -4.98. The maximum Gasteiger partial charge on any atom is 0.416 e. The van der Waals surface area contributed by atoms with Gasteiger partial charge in [0.25, 0.3) is 5.91 Å². The van der Waals surface area contributed by atoms with Gasteiger partial charge in [0.15, 0.2) is 5.75 Å². The topological polar surface area (TPSA) is 75.3 Å². The van der Waals surface area contributed by atoms with Crippen molar-refractivity contribution in [1.29, 1.82) is 0 Å². The molecule has 0 aliphatic carbocycles. The third-order valence-corrected chi connectivity index (χ3v) is 5.09. The first-order valence-electron chi connectivity index (χ1n) is 6.90. The monoisotopic (exact) mass is 432 g/mol. The molecule has 1 aromatic heterocycles. The fourth-order valence-corrected chi connectivity index (χ4v) is 3.76. The average molecular weight is 432 g/mol. The second-order valence-corrected chi connectivity index (χ2v) is 7.81. The lowest BCUT2D eigenvalue weighted by molar-refractivity contribution is -0.137. The predicted octanol–water partition coefficient (Wildman–Crippen LogP) is 4.32. The molecular formula is C14H10F6N2O3S2. The molecule has 148 valence electrons. The van der Waals surface area contributed by atoms with Crippen molar-refractivity contribution in [2.75, 3.05) is 15.8 Å². The molecule has 1 heterocycles. The van der Waals surface area contributed by atoms with Crippen LogP contribution in [0.3, 0.4) is 0 Å². The van der Waals surface area contributed by atoms with Crippen LogP contribution < -0.4 is 10.0 Å². The van der Waals surface area contributed by atoms with Crippen molar-refractivity contribution < 1.29 is 39.6 Å². The van der Waals surface area contributed by atoms with Gasteiger partial charge in [-0.25, -0.2) is 8.42 Å². The van der Waals surface area contributed by atoms with Crippen molar-refractivity contribution in [3.8, 4) is 0 Å². The molecule has 0 spiro atoms. The number of carbonyl (C=O) groups excluding carboxylic acids is 1. The smallest absolute Gasteiger partial charge is 0.321 e. The van der Waals surface area contributed by atoms with Gasteiger partial charge in [-0.05, 0) is 29.6 Å². The van der Waals surface area contributed by atoms with E-state index >= 15 is 0 Å². The second-order valence-electron chi connectivity index (χ2n) is 5.17. The number of rotatable bonds is 5. The van der Waals surface area contributed by atoms with E-state index in [1.54, 1.807) is 4.72 Å². The van der Waals surface area contributed by atoms with Crippen LogP contribution in [-0.2, 0) is 16.2 Å². The van der Waals surface area contributed by atoms with Gasteiger partial charge < -0.3 is 5.32 Å². The lowest BCUT2D eigenvalue weighted by atomic mass is 10.2. The summed E-state index contributed by atoms with van der Waals surface area (Å²) in [5.41, 5.74) is -1.64. The Labute approximate surface area is 153 Å². The highest BCUT2D eigenvalue weighted by Gasteiger charge is 2.36. The fourth-order valence-electron chi connectivity index (χ4n) is 1.95. The van der Waals surface area contributed by atoms with Gasteiger partial charge >= 0.3 is 12.4 Å². The number of hydrogen-bond donors (Lipinski definition) is 2. The minimum Gasteiger partial charge on any atom is -0.321 e. The SMILES string of the molecule is O=C(Nc1cccc(C(F)(F)F)c1)c1sccc1NS(=O)(=O)CC(F)(F)F. The van der Waals surface area contributed by atoms with E-state index in [1.807, 2.05) is 0 Å². The zero-order chi connectivity index (χ0) is 20.5. The van der Waals surface area contributed by atoms with Gasteiger partial charge in [-0.2, -0.15) is 26.3 Å². The zero-order valence-corrected chi connectivity index (χ0v) is 14.6. The number of halogens is 6. The lowest BCUT2D eigenvalue weighted by Crippen LogP contribution is -2.28. The first-order valence-corrected chi connectivity index (χ1v) is 9.43. The minimum absolute atomic E-state index is 0.215. The number of benzene rings is 1. The molecular weight excluding hydrogens is 422 g/mol. The molecule has 2 aromatic rings. The molecule has 0 saturated carbocycles. The number of hydrogen-bond acceptors (Lipinski definition) is 4. The third-order valence-electron chi connectivity index (χ3n) is 2.94. The molecule has 1 aromatic carbocycles. The quantitative estimate of drug-likeness (QED) is 0.691. The number of anilines is 2. The molecule has 0 atom stereocenters. The number of carbonyl (C=O) groups is 1. The van der Waals surface area contributed by atoms with Gasteiger partial charge in [-0.3, -0.25) is 9.52 Å². The first-order chi connectivity index (χ1) is 12.3. The molecule has 5 nitrogen and oxygen atoms in total. The molecule has 0 unspecified atom stereocenters. The highest BCUT2D eigenvalue weighted by molar-refractivity contribution is 7.92. The number of nitrogens with one attached hydrogen (secondary N) is 2. The Morgan fingerprint density at radius 2 is 1.74 bits per heavy atom. The van der Waals surface area contributed by atoms with Crippen LogP contribution in [-0.4, -0.2) is 26.3 Å². The molecule has 0 aliphatic heterocycles. The molecule has 0 bridgehead atoms. The summed E-state index contributed by atoms with van der Waals surface area (Å²) >= 11 is 0.703. The predicted molar refractivity (Wildman–Crippen MR) is 87.2 cm³/mol. The summed E-state index contributed by atoms with van der Waals surface area (Å²) in [5, 5.41) is 3.39. The van der Waals surface area contributed by atoms with Crippen LogP contribution >= 0.6 is 11.3 Å². The molecule has 0 fully saturated rings. The van der Waals surface area contributed by atoms with E-state index in [1.165, 1.54) is 11.4 Å².